The quantitative estimate of drug-likeness (QED) is 0.929. The molecule has 21 heavy (non-hydrogen) atoms. The fourth-order valence-corrected chi connectivity index (χ4v) is 3.24. The molecule has 0 spiro atoms. The monoisotopic (exact) mass is 288 g/mol. The molecule has 1 N–H and O–H groups in total. The Hall–Kier alpha value is -1.65. The standard InChI is InChI=1S/C16H24N4O/c21-16(20-11-5-1-2-6-12-20)14-9-10-15(19-18-14)17-13-7-3-4-8-13/h9-10,13H,1-8,11-12H2,(H,17,19). The molecule has 1 aliphatic carbocycles. The summed E-state index contributed by atoms with van der Waals surface area (Å²) in [4.78, 5) is 14.3. The van der Waals surface area contributed by atoms with E-state index in [1.54, 1.807) is 6.07 Å². The van der Waals surface area contributed by atoms with Crippen LogP contribution in [0.15, 0.2) is 12.1 Å². The maximum Gasteiger partial charge on any atom is 0.274 e. The van der Waals surface area contributed by atoms with Gasteiger partial charge in [0.2, 0.25) is 0 Å². The predicted molar refractivity (Wildman–Crippen MR) is 82.3 cm³/mol. The van der Waals surface area contributed by atoms with Crippen molar-refractivity contribution in [1.29, 1.82) is 0 Å². The van der Waals surface area contributed by atoms with Gasteiger partial charge in [-0.05, 0) is 37.8 Å². The van der Waals surface area contributed by atoms with Gasteiger partial charge in [-0.3, -0.25) is 4.79 Å². The van der Waals surface area contributed by atoms with Gasteiger partial charge >= 0.3 is 0 Å². The molecule has 3 rings (SSSR count). The van der Waals surface area contributed by atoms with Crippen molar-refractivity contribution in [3.63, 3.8) is 0 Å². The first-order valence-electron chi connectivity index (χ1n) is 8.22. The molecule has 0 radical (unpaired) electrons. The van der Waals surface area contributed by atoms with Crippen molar-refractivity contribution in [2.75, 3.05) is 18.4 Å². The van der Waals surface area contributed by atoms with E-state index in [9.17, 15) is 4.79 Å². The maximum atomic E-state index is 12.4. The number of aromatic nitrogens is 2. The van der Waals surface area contributed by atoms with Gasteiger partial charge in [-0.2, -0.15) is 0 Å². The van der Waals surface area contributed by atoms with Crippen LogP contribution in [-0.2, 0) is 0 Å². The lowest BCUT2D eigenvalue weighted by Gasteiger charge is -2.19. The minimum atomic E-state index is 0.0248. The molecule has 1 aromatic rings. The van der Waals surface area contributed by atoms with Crippen molar-refractivity contribution in [2.45, 2.75) is 57.4 Å². The van der Waals surface area contributed by atoms with Crippen molar-refractivity contribution in [3.8, 4) is 0 Å². The van der Waals surface area contributed by atoms with Crippen LogP contribution in [0.25, 0.3) is 0 Å². The number of nitrogens with zero attached hydrogens (tertiary/aromatic N) is 3. The summed E-state index contributed by atoms with van der Waals surface area (Å²) in [5.41, 5.74) is 0.467. The van der Waals surface area contributed by atoms with Crippen LogP contribution >= 0.6 is 0 Å². The van der Waals surface area contributed by atoms with E-state index in [1.807, 2.05) is 11.0 Å². The smallest absolute Gasteiger partial charge is 0.274 e. The molecular weight excluding hydrogens is 264 g/mol. The topological polar surface area (TPSA) is 58.1 Å². The lowest BCUT2D eigenvalue weighted by atomic mass is 10.2. The van der Waals surface area contributed by atoms with E-state index in [2.05, 4.69) is 15.5 Å². The first kappa shape index (κ1) is 14.3. The molecule has 0 aromatic carbocycles. The third-order valence-corrected chi connectivity index (χ3v) is 4.48. The zero-order chi connectivity index (χ0) is 14.5. The normalized spacial score (nSPS) is 20.3. The van der Waals surface area contributed by atoms with Crippen molar-refractivity contribution >= 4 is 11.7 Å². The molecule has 1 aromatic heterocycles. The molecule has 1 amide bonds. The van der Waals surface area contributed by atoms with Crippen molar-refractivity contribution in [1.82, 2.24) is 15.1 Å². The van der Waals surface area contributed by atoms with Crippen LogP contribution in [-0.4, -0.2) is 40.1 Å². The van der Waals surface area contributed by atoms with Crippen molar-refractivity contribution in [2.24, 2.45) is 0 Å². The van der Waals surface area contributed by atoms with Gasteiger partial charge in [-0.25, -0.2) is 0 Å². The van der Waals surface area contributed by atoms with Crippen LogP contribution in [0.1, 0.15) is 61.9 Å². The molecule has 1 saturated carbocycles. The van der Waals surface area contributed by atoms with Gasteiger partial charge in [-0.15, -0.1) is 10.2 Å². The number of amides is 1. The molecular formula is C16H24N4O. The zero-order valence-corrected chi connectivity index (χ0v) is 12.6. The van der Waals surface area contributed by atoms with Gasteiger partial charge in [0.05, 0.1) is 0 Å². The average molecular weight is 288 g/mol. The van der Waals surface area contributed by atoms with Crippen LogP contribution in [0.2, 0.25) is 0 Å². The molecule has 1 saturated heterocycles. The number of nitrogens with one attached hydrogen (secondary N) is 1. The SMILES string of the molecule is O=C(c1ccc(NC2CCCC2)nn1)N1CCCCCC1. The summed E-state index contributed by atoms with van der Waals surface area (Å²) in [6, 6.07) is 4.21. The number of hydrogen-bond donors (Lipinski definition) is 1. The van der Waals surface area contributed by atoms with Gasteiger partial charge in [0.15, 0.2) is 5.69 Å². The molecule has 0 bridgehead atoms. The second-order valence-electron chi connectivity index (χ2n) is 6.14. The minimum Gasteiger partial charge on any atom is -0.366 e. The van der Waals surface area contributed by atoms with E-state index < -0.39 is 0 Å². The van der Waals surface area contributed by atoms with Crippen molar-refractivity contribution in [3.05, 3.63) is 17.8 Å². The average Bonchev–Trinajstić information content (AvgIpc) is 2.87. The van der Waals surface area contributed by atoms with Gasteiger partial charge in [0.1, 0.15) is 5.82 Å². The van der Waals surface area contributed by atoms with Crippen molar-refractivity contribution < 1.29 is 4.79 Å². The van der Waals surface area contributed by atoms with E-state index >= 15 is 0 Å². The second kappa shape index (κ2) is 6.87. The number of carbonyl (C=O) groups excluding carboxylic acids is 1. The summed E-state index contributed by atoms with van der Waals surface area (Å²) in [6.45, 7) is 1.70. The van der Waals surface area contributed by atoms with Gasteiger partial charge in [-0.1, -0.05) is 25.7 Å². The lowest BCUT2D eigenvalue weighted by molar-refractivity contribution is 0.0754. The molecule has 2 fully saturated rings. The Morgan fingerprint density at radius 1 is 1.00 bits per heavy atom. The fraction of sp³-hybridized carbons (Fsp3) is 0.688. The largest absolute Gasteiger partial charge is 0.366 e. The van der Waals surface area contributed by atoms with Crippen LogP contribution in [0.4, 0.5) is 5.82 Å². The Morgan fingerprint density at radius 2 is 1.71 bits per heavy atom. The Morgan fingerprint density at radius 3 is 2.33 bits per heavy atom. The van der Waals surface area contributed by atoms with E-state index in [0.717, 1.165) is 31.7 Å². The van der Waals surface area contributed by atoms with E-state index in [4.69, 9.17) is 0 Å². The predicted octanol–water partition coefficient (Wildman–Crippen LogP) is 2.85. The fourth-order valence-electron chi connectivity index (χ4n) is 3.24. The third-order valence-electron chi connectivity index (χ3n) is 4.48. The summed E-state index contributed by atoms with van der Waals surface area (Å²) in [7, 11) is 0. The number of rotatable bonds is 3. The highest BCUT2D eigenvalue weighted by atomic mass is 16.2. The highest BCUT2D eigenvalue weighted by molar-refractivity contribution is 5.92. The Balaban J connectivity index is 1.61. The maximum absolute atomic E-state index is 12.4. The van der Waals surface area contributed by atoms with Crippen LogP contribution in [0.5, 0.6) is 0 Å². The molecule has 0 unspecified atom stereocenters. The second-order valence-corrected chi connectivity index (χ2v) is 6.14. The molecule has 5 heteroatoms. The van der Waals surface area contributed by atoms with Crippen LogP contribution < -0.4 is 5.32 Å². The summed E-state index contributed by atoms with van der Waals surface area (Å²) < 4.78 is 0. The third kappa shape index (κ3) is 3.71. The van der Waals surface area contributed by atoms with Gasteiger partial charge < -0.3 is 10.2 Å². The molecule has 0 atom stereocenters. The first-order chi connectivity index (χ1) is 10.3. The molecule has 2 aliphatic rings. The van der Waals surface area contributed by atoms with Crippen LogP contribution in [0, 0.1) is 0 Å². The summed E-state index contributed by atoms with van der Waals surface area (Å²) >= 11 is 0. The minimum absolute atomic E-state index is 0.0248. The molecule has 2 heterocycles. The molecule has 114 valence electrons. The highest BCUT2D eigenvalue weighted by Gasteiger charge is 2.19. The number of carbonyl (C=O) groups is 1. The Labute approximate surface area is 126 Å². The number of anilines is 1. The number of hydrogen-bond acceptors (Lipinski definition) is 4. The number of likely N-dealkylation sites (tertiary alicyclic amines) is 1. The highest BCUT2D eigenvalue weighted by Crippen LogP contribution is 2.21. The summed E-state index contributed by atoms with van der Waals surface area (Å²) in [6.07, 6.45) is 9.62. The summed E-state index contributed by atoms with van der Waals surface area (Å²) in [5.74, 6) is 0.811. The molecule has 1 aliphatic heterocycles. The zero-order valence-electron chi connectivity index (χ0n) is 12.6. The Bertz CT molecular complexity index is 460. The van der Waals surface area contributed by atoms with Gasteiger partial charge in [0.25, 0.3) is 5.91 Å². The summed E-state index contributed by atoms with van der Waals surface area (Å²) in [5, 5.41) is 11.7. The van der Waals surface area contributed by atoms with Crippen LogP contribution in [0.3, 0.4) is 0 Å². The van der Waals surface area contributed by atoms with E-state index in [-0.39, 0.29) is 5.91 Å². The molecule has 5 nitrogen and oxygen atoms in total. The lowest BCUT2D eigenvalue weighted by Crippen LogP contribution is -2.32. The first-order valence-corrected chi connectivity index (χ1v) is 8.22. The van der Waals surface area contributed by atoms with E-state index in [0.29, 0.717) is 11.7 Å². The van der Waals surface area contributed by atoms with Gasteiger partial charge in [0, 0.05) is 19.1 Å². The van der Waals surface area contributed by atoms with E-state index in [1.165, 1.54) is 38.5 Å². The Kier molecular flexibility index (Phi) is 4.68.